The van der Waals surface area contributed by atoms with Gasteiger partial charge < -0.3 is 10.4 Å². The third-order valence-corrected chi connectivity index (χ3v) is 4.04. The van der Waals surface area contributed by atoms with Gasteiger partial charge in [0, 0.05) is 17.3 Å². The minimum atomic E-state index is 0.0547. The molecule has 0 aliphatic carbocycles. The summed E-state index contributed by atoms with van der Waals surface area (Å²) in [4.78, 5) is 8.74. The number of rotatable bonds is 5. The van der Waals surface area contributed by atoms with Crippen LogP contribution in [0.15, 0.2) is 36.7 Å². The largest absolute Gasteiger partial charge is 0.392 e. The van der Waals surface area contributed by atoms with Gasteiger partial charge in [0.1, 0.15) is 6.33 Å². The summed E-state index contributed by atoms with van der Waals surface area (Å²) in [5, 5.41) is 12.7. The fourth-order valence-corrected chi connectivity index (χ4v) is 2.85. The molecule has 21 heavy (non-hydrogen) atoms. The molecule has 2 heterocycles. The molecule has 1 aromatic heterocycles. The monoisotopic (exact) mass is 283 g/mol. The van der Waals surface area contributed by atoms with Crippen molar-refractivity contribution >= 4 is 0 Å². The molecule has 1 atom stereocenters. The van der Waals surface area contributed by atoms with Gasteiger partial charge in [0.2, 0.25) is 0 Å². The highest BCUT2D eigenvalue weighted by molar-refractivity contribution is 5.60. The molecule has 0 spiro atoms. The topological polar surface area (TPSA) is 58.0 Å². The third-order valence-electron chi connectivity index (χ3n) is 4.04. The lowest BCUT2D eigenvalue weighted by molar-refractivity contribution is 0.282. The lowest BCUT2D eigenvalue weighted by atomic mass is 10.0. The maximum atomic E-state index is 9.23. The highest BCUT2D eigenvalue weighted by atomic mass is 16.3. The first-order valence-electron chi connectivity index (χ1n) is 7.59. The van der Waals surface area contributed by atoms with Crippen molar-refractivity contribution in [1.82, 2.24) is 15.3 Å². The zero-order valence-electron chi connectivity index (χ0n) is 12.1. The molecule has 0 amide bonds. The number of hydrogen-bond acceptors (Lipinski definition) is 4. The second kappa shape index (κ2) is 6.78. The number of benzene rings is 1. The van der Waals surface area contributed by atoms with Crippen molar-refractivity contribution < 1.29 is 5.11 Å². The van der Waals surface area contributed by atoms with Crippen LogP contribution in [0.25, 0.3) is 11.3 Å². The molecule has 1 aliphatic heterocycles. The lowest BCUT2D eigenvalue weighted by Crippen LogP contribution is -2.21. The minimum Gasteiger partial charge on any atom is -0.392 e. The number of nitrogens with zero attached hydrogens (tertiary/aromatic N) is 2. The van der Waals surface area contributed by atoms with E-state index in [0.717, 1.165) is 41.9 Å². The third kappa shape index (κ3) is 3.65. The van der Waals surface area contributed by atoms with E-state index in [4.69, 9.17) is 0 Å². The molecule has 0 saturated carbocycles. The fourth-order valence-electron chi connectivity index (χ4n) is 2.85. The number of nitrogens with one attached hydrogen (secondary N) is 1. The van der Waals surface area contributed by atoms with Gasteiger partial charge in [0.15, 0.2) is 0 Å². The summed E-state index contributed by atoms with van der Waals surface area (Å²) in [6.07, 6.45) is 6.31. The molecule has 1 unspecified atom stereocenters. The van der Waals surface area contributed by atoms with E-state index in [1.165, 1.54) is 12.8 Å². The number of aliphatic hydroxyl groups is 1. The number of hydrogen-bond donors (Lipinski definition) is 2. The molecule has 4 heteroatoms. The predicted octanol–water partition coefficient (Wildman–Crippen LogP) is 2.32. The van der Waals surface area contributed by atoms with E-state index in [0.29, 0.717) is 6.04 Å². The van der Waals surface area contributed by atoms with Crippen molar-refractivity contribution in [2.45, 2.75) is 38.3 Å². The standard InChI is InChI=1S/C17H21N3O/c21-11-13-3-1-4-14(9-13)17-10-16(19-12-20-17)7-6-15-5-2-8-18-15/h1,3-4,9-10,12,15,18,21H,2,5-8,11H2. The highest BCUT2D eigenvalue weighted by Crippen LogP contribution is 2.20. The van der Waals surface area contributed by atoms with Gasteiger partial charge in [-0.2, -0.15) is 0 Å². The van der Waals surface area contributed by atoms with Crippen molar-refractivity contribution in [1.29, 1.82) is 0 Å². The van der Waals surface area contributed by atoms with E-state index >= 15 is 0 Å². The second-order valence-corrected chi connectivity index (χ2v) is 5.59. The smallest absolute Gasteiger partial charge is 0.116 e. The Morgan fingerprint density at radius 1 is 1.24 bits per heavy atom. The molecule has 1 fully saturated rings. The van der Waals surface area contributed by atoms with Gasteiger partial charge in [-0.15, -0.1) is 0 Å². The van der Waals surface area contributed by atoms with E-state index in [1.54, 1.807) is 6.33 Å². The molecule has 1 saturated heterocycles. The molecule has 2 N–H and O–H groups in total. The van der Waals surface area contributed by atoms with Crippen molar-refractivity contribution in [3.05, 3.63) is 47.9 Å². The van der Waals surface area contributed by atoms with E-state index in [2.05, 4.69) is 21.4 Å². The number of aromatic nitrogens is 2. The summed E-state index contributed by atoms with van der Waals surface area (Å²) in [5.74, 6) is 0. The predicted molar refractivity (Wildman–Crippen MR) is 82.7 cm³/mol. The molecule has 0 bridgehead atoms. The molecule has 0 radical (unpaired) electrons. The van der Waals surface area contributed by atoms with Crippen LogP contribution in [0.1, 0.15) is 30.5 Å². The van der Waals surface area contributed by atoms with Crippen molar-refractivity contribution in [3.63, 3.8) is 0 Å². The molecule has 110 valence electrons. The summed E-state index contributed by atoms with van der Waals surface area (Å²) in [6.45, 7) is 1.20. The molecule has 3 rings (SSSR count). The quantitative estimate of drug-likeness (QED) is 0.884. The van der Waals surface area contributed by atoms with Gasteiger partial charge in [-0.1, -0.05) is 18.2 Å². The molecule has 4 nitrogen and oxygen atoms in total. The summed E-state index contributed by atoms with van der Waals surface area (Å²) >= 11 is 0. The average molecular weight is 283 g/mol. The molecule has 1 aromatic carbocycles. The Kier molecular flexibility index (Phi) is 4.58. The fraction of sp³-hybridized carbons (Fsp3) is 0.412. The van der Waals surface area contributed by atoms with E-state index in [9.17, 15) is 5.11 Å². The first kappa shape index (κ1) is 14.2. The molecular formula is C17H21N3O. The Balaban J connectivity index is 1.72. The van der Waals surface area contributed by atoms with Crippen LogP contribution in [0.2, 0.25) is 0 Å². The lowest BCUT2D eigenvalue weighted by Gasteiger charge is -2.10. The summed E-state index contributed by atoms with van der Waals surface area (Å²) in [7, 11) is 0. The first-order chi connectivity index (χ1) is 10.3. The van der Waals surface area contributed by atoms with Crippen molar-refractivity contribution in [2.75, 3.05) is 6.54 Å². The van der Waals surface area contributed by atoms with Gasteiger partial charge in [0.05, 0.1) is 12.3 Å². The van der Waals surface area contributed by atoms with E-state index in [-0.39, 0.29) is 6.61 Å². The molecular weight excluding hydrogens is 262 g/mol. The Labute approximate surface area is 125 Å². The Bertz CT molecular complexity index is 594. The molecule has 1 aliphatic rings. The second-order valence-electron chi connectivity index (χ2n) is 5.59. The maximum Gasteiger partial charge on any atom is 0.116 e. The van der Waals surface area contributed by atoms with Crippen LogP contribution < -0.4 is 5.32 Å². The van der Waals surface area contributed by atoms with Gasteiger partial charge >= 0.3 is 0 Å². The molecule has 2 aromatic rings. The van der Waals surface area contributed by atoms with Crippen LogP contribution in [0.3, 0.4) is 0 Å². The van der Waals surface area contributed by atoms with Gasteiger partial charge in [-0.05, 0) is 49.9 Å². The average Bonchev–Trinajstić information content (AvgIpc) is 3.07. The van der Waals surface area contributed by atoms with Gasteiger partial charge in [-0.25, -0.2) is 9.97 Å². The summed E-state index contributed by atoms with van der Waals surface area (Å²) in [5.41, 5.74) is 3.95. The van der Waals surface area contributed by atoms with Crippen LogP contribution >= 0.6 is 0 Å². The van der Waals surface area contributed by atoms with E-state index < -0.39 is 0 Å². The van der Waals surface area contributed by atoms with Crippen LogP contribution in [0, 0.1) is 0 Å². The normalized spacial score (nSPS) is 18.0. The summed E-state index contributed by atoms with van der Waals surface area (Å²) in [6, 6.07) is 10.6. The first-order valence-corrected chi connectivity index (χ1v) is 7.59. The Morgan fingerprint density at radius 3 is 3.00 bits per heavy atom. The SMILES string of the molecule is OCc1cccc(-c2cc(CCC3CCCN3)ncn2)c1. The van der Waals surface area contributed by atoms with Gasteiger partial charge in [0.25, 0.3) is 0 Å². The summed E-state index contributed by atoms with van der Waals surface area (Å²) < 4.78 is 0. The minimum absolute atomic E-state index is 0.0547. The Morgan fingerprint density at radius 2 is 2.19 bits per heavy atom. The van der Waals surface area contributed by atoms with Crippen molar-refractivity contribution in [2.24, 2.45) is 0 Å². The zero-order valence-corrected chi connectivity index (χ0v) is 12.1. The Hall–Kier alpha value is -1.78. The van der Waals surface area contributed by atoms with Crippen LogP contribution in [0.5, 0.6) is 0 Å². The van der Waals surface area contributed by atoms with Crippen LogP contribution in [0.4, 0.5) is 0 Å². The van der Waals surface area contributed by atoms with Gasteiger partial charge in [-0.3, -0.25) is 0 Å². The number of aliphatic hydroxyl groups excluding tert-OH is 1. The number of aryl methyl sites for hydroxylation is 1. The van der Waals surface area contributed by atoms with Crippen LogP contribution in [-0.2, 0) is 13.0 Å². The maximum absolute atomic E-state index is 9.23. The zero-order chi connectivity index (χ0) is 14.5. The van der Waals surface area contributed by atoms with Crippen LogP contribution in [-0.4, -0.2) is 27.7 Å². The van der Waals surface area contributed by atoms with Crippen molar-refractivity contribution in [3.8, 4) is 11.3 Å². The highest BCUT2D eigenvalue weighted by Gasteiger charge is 2.14. The van der Waals surface area contributed by atoms with E-state index in [1.807, 2.05) is 24.3 Å².